The molecule has 0 aliphatic carbocycles. The van der Waals surface area contributed by atoms with E-state index in [9.17, 15) is 23.1 Å². The summed E-state index contributed by atoms with van der Waals surface area (Å²) in [5.74, 6) is -2.09. The maximum Gasteiger partial charge on any atom is 0.453 e. The molecular weight excluding hydrogens is 399 g/mol. The number of hydrogen-bond donors (Lipinski definition) is 3. The molecule has 0 saturated carbocycles. The zero-order valence-electron chi connectivity index (χ0n) is 15.6. The molecule has 2 heterocycles. The van der Waals surface area contributed by atoms with Gasteiger partial charge in [-0.2, -0.15) is 18.2 Å². The summed E-state index contributed by atoms with van der Waals surface area (Å²) in [5, 5.41) is 19.0. The standard InChI is InChI=1S/C20H16F3N5O2/c1-11-15(17(30)25-13-7-3-2-4-8-13)16(12-6-5-9-14(29)10-12)28-19(24-11)26-18(27-28)20(21,22)23/h2-10,16,29H,1H3,(H,25,30)(H,24,26,27)/t16-/m1/s1. The fourth-order valence-corrected chi connectivity index (χ4v) is 3.29. The van der Waals surface area contributed by atoms with Gasteiger partial charge in [-0.15, -0.1) is 5.10 Å². The fourth-order valence-electron chi connectivity index (χ4n) is 3.29. The van der Waals surface area contributed by atoms with Crippen LogP contribution in [0.1, 0.15) is 24.4 Å². The molecule has 3 N–H and O–H groups in total. The monoisotopic (exact) mass is 415 g/mol. The van der Waals surface area contributed by atoms with E-state index in [1.54, 1.807) is 43.3 Å². The van der Waals surface area contributed by atoms with E-state index in [2.05, 4.69) is 20.7 Å². The lowest BCUT2D eigenvalue weighted by atomic mass is 9.95. The predicted molar refractivity (Wildman–Crippen MR) is 103 cm³/mol. The normalized spacial score (nSPS) is 16.1. The number of alkyl halides is 3. The van der Waals surface area contributed by atoms with Gasteiger partial charge in [0.05, 0.1) is 5.57 Å². The topological polar surface area (TPSA) is 92.1 Å². The Morgan fingerprint density at radius 3 is 2.57 bits per heavy atom. The Balaban J connectivity index is 1.83. The molecule has 30 heavy (non-hydrogen) atoms. The molecule has 0 radical (unpaired) electrons. The molecule has 0 unspecified atom stereocenters. The number of allylic oxidation sites excluding steroid dienone is 1. The number of benzene rings is 2. The number of aromatic hydroxyl groups is 1. The number of halogens is 3. The summed E-state index contributed by atoms with van der Waals surface area (Å²) in [6.45, 7) is 1.57. The van der Waals surface area contributed by atoms with E-state index >= 15 is 0 Å². The van der Waals surface area contributed by atoms with Gasteiger partial charge in [-0.3, -0.25) is 4.79 Å². The molecule has 1 amide bonds. The number of amides is 1. The van der Waals surface area contributed by atoms with Crippen LogP contribution in [0.25, 0.3) is 0 Å². The van der Waals surface area contributed by atoms with Gasteiger partial charge < -0.3 is 15.7 Å². The van der Waals surface area contributed by atoms with Crippen LogP contribution in [0.2, 0.25) is 0 Å². The molecule has 2 aromatic carbocycles. The maximum atomic E-state index is 13.2. The van der Waals surface area contributed by atoms with E-state index in [1.807, 2.05) is 0 Å². The van der Waals surface area contributed by atoms with Crippen LogP contribution in [0.5, 0.6) is 5.75 Å². The molecule has 4 rings (SSSR count). The molecule has 1 aliphatic heterocycles. The van der Waals surface area contributed by atoms with Gasteiger partial charge >= 0.3 is 6.18 Å². The number of carbonyl (C=O) groups excluding carboxylic acids is 1. The Kier molecular flexibility index (Phi) is 4.69. The smallest absolute Gasteiger partial charge is 0.453 e. The van der Waals surface area contributed by atoms with E-state index in [0.717, 1.165) is 4.68 Å². The molecule has 7 nitrogen and oxygen atoms in total. The molecule has 154 valence electrons. The van der Waals surface area contributed by atoms with Gasteiger partial charge in [-0.25, -0.2) is 4.68 Å². The van der Waals surface area contributed by atoms with Crippen molar-refractivity contribution >= 4 is 17.5 Å². The minimum absolute atomic E-state index is 0.0933. The Morgan fingerprint density at radius 1 is 1.17 bits per heavy atom. The summed E-state index contributed by atoms with van der Waals surface area (Å²) in [7, 11) is 0. The number of hydrogen-bond acceptors (Lipinski definition) is 5. The van der Waals surface area contributed by atoms with Crippen LogP contribution in [0, 0.1) is 0 Å². The van der Waals surface area contributed by atoms with Crippen LogP contribution in [-0.2, 0) is 11.0 Å². The second kappa shape index (κ2) is 7.21. The van der Waals surface area contributed by atoms with E-state index in [-0.39, 0.29) is 17.3 Å². The molecule has 0 fully saturated rings. The Bertz CT molecular complexity index is 1140. The maximum absolute atomic E-state index is 13.2. The van der Waals surface area contributed by atoms with Crippen LogP contribution >= 0.6 is 0 Å². The first-order valence-electron chi connectivity index (χ1n) is 8.91. The van der Waals surface area contributed by atoms with Gasteiger partial charge in [-0.1, -0.05) is 30.3 Å². The lowest BCUT2D eigenvalue weighted by Gasteiger charge is -2.28. The first kappa shape index (κ1) is 19.5. The molecule has 1 aromatic heterocycles. The number of anilines is 2. The van der Waals surface area contributed by atoms with Crippen molar-refractivity contribution in [2.75, 3.05) is 10.6 Å². The first-order valence-corrected chi connectivity index (χ1v) is 8.91. The van der Waals surface area contributed by atoms with Crippen molar-refractivity contribution in [1.82, 2.24) is 14.8 Å². The molecule has 1 atom stereocenters. The van der Waals surface area contributed by atoms with Crippen molar-refractivity contribution < 1.29 is 23.1 Å². The van der Waals surface area contributed by atoms with Crippen LogP contribution in [0.15, 0.2) is 65.9 Å². The quantitative estimate of drug-likeness (QED) is 0.603. The summed E-state index contributed by atoms with van der Waals surface area (Å²) in [6, 6.07) is 13.6. The molecule has 10 heteroatoms. The summed E-state index contributed by atoms with van der Waals surface area (Å²) < 4.78 is 40.6. The average Bonchev–Trinajstić information content (AvgIpc) is 3.11. The third-order valence-electron chi connectivity index (χ3n) is 4.57. The van der Waals surface area contributed by atoms with Crippen molar-refractivity contribution in [2.45, 2.75) is 19.1 Å². The van der Waals surface area contributed by atoms with Crippen molar-refractivity contribution in [3.8, 4) is 5.75 Å². The van der Waals surface area contributed by atoms with Crippen molar-refractivity contribution in [3.05, 3.63) is 77.3 Å². The van der Waals surface area contributed by atoms with Crippen LogP contribution in [-0.4, -0.2) is 25.8 Å². The summed E-state index contributed by atoms with van der Waals surface area (Å²) in [4.78, 5) is 16.6. The number of rotatable bonds is 3. The van der Waals surface area contributed by atoms with Crippen LogP contribution in [0.4, 0.5) is 24.8 Å². The minimum atomic E-state index is -4.75. The van der Waals surface area contributed by atoms with Gasteiger partial charge in [0.25, 0.3) is 11.7 Å². The molecule has 0 saturated heterocycles. The number of para-hydroxylation sites is 1. The number of carbonyl (C=O) groups is 1. The third kappa shape index (κ3) is 3.59. The van der Waals surface area contributed by atoms with Gasteiger partial charge in [0.15, 0.2) is 0 Å². The van der Waals surface area contributed by atoms with E-state index < -0.39 is 23.9 Å². The van der Waals surface area contributed by atoms with Gasteiger partial charge in [0.1, 0.15) is 11.8 Å². The van der Waals surface area contributed by atoms with Crippen molar-refractivity contribution in [3.63, 3.8) is 0 Å². The summed E-state index contributed by atoms with van der Waals surface area (Å²) in [5.41, 5.74) is 1.38. The van der Waals surface area contributed by atoms with Gasteiger partial charge in [-0.05, 0) is 36.8 Å². The molecular formula is C20H16F3N5O2. The van der Waals surface area contributed by atoms with Crippen LogP contribution in [0.3, 0.4) is 0 Å². The van der Waals surface area contributed by atoms with Crippen molar-refractivity contribution in [1.29, 1.82) is 0 Å². The number of phenolic OH excluding ortho intramolecular Hbond substituents is 1. The lowest BCUT2D eigenvalue weighted by Crippen LogP contribution is -2.31. The fraction of sp³-hybridized carbons (Fsp3) is 0.150. The Morgan fingerprint density at radius 2 is 1.90 bits per heavy atom. The second-order valence-corrected chi connectivity index (χ2v) is 6.68. The highest BCUT2D eigenvalue weighted by Gasteiger charge is 2.41. The second-order valence-electron chi connectivity index (χ2n) is 6.68. The lowest BCUT2D eigenvalue weighted by molar-refractivity contribution is -0.145. The Hall–Kier alpha value is -3.82. The molecule has 3 aromatic rings. The highest BCUT2D eigenvalue weighted by molar-refractivity contribution is 6.06. The first-order chi connectivity index (χ1) is 14.2. The van der Waals surface area contributed by atoms with Gasteiger partial charge in [0, 0.05) is 11.4 Å². The largest absolute Gasteiger partial charge is 0.508 e. The SMILES string of the molecule is CC1=C(C(=O)Nc2ccccc2)[C@@H](c2cccc(O)c2)n2nc(C(F)(F)F)nc2N1. The Labute approximate surface area is 168 Å². The highest BCUT2D eigenvalue weighted by Crippen LogP contribution is 2.38. The van der Waals surface area contributed by atoms with Crippen molar-refractivity contribution in [2.24, 2.45) is 0 Å². The zero-order valence-corrected chi connectivity index (χ0v) is 15.6. The van der Waals surface area contributed by atoms with Crippen LogP contribution < -0.4 is 10.6 Å². The van der Waals surface area contributed by atoms with E-state index in [0.29, 0.717) is 16.9 Å². The minimum Gasteiger partial charge on any atom is -0.508 e. The molecule has 0 spiro atoms. The number of nitrogens with zero attached hydrogens (tertiary/aromatic N) is 3. The number of fused-ring (bicyclic) bond motifs is 1. The molecule has 1 aliphatic rings. The molecule has 0 bridgehead atoms. The number of phenols is 1. The zero-order chi connectivity index (χ0) is 21.5. The van der Waals surface area contributed by atoms with E-state index in [1.165, 1.54) is 18.2 Å². The third-order valence-corrected chi connectivity index (χ3v) is 4.57. The summed E-state index contributed by atoms with van der Waals surface area (Å²) >= 11 is 0. The van der Waals surface area contributed by atoms with Gasteiger partial charge in [0.2, 0.25) is 5.95 Å². The number of nitrogens with one attached hydrogen (secondary N) is 2. The van der Waals surface area contributed by atoms with E-state index in [4.69, 9.17) is 0 Å². The summed E-state index contributed by atoms with van der Waals surface area (Å²) in [6.07, 6.45) is -4.75. The predicted octanol–water partition coefficient (Wildman–Crippen LogP) is 3.93. The average molecular weight is 415 g/mol. The number of aromatic nitrogens is 3. The highest BCUT2D eigenvalue weighted by atomic mass is 19.4.